The number of hydrogen-bond donors (Lipinski definition) is 1. The summed E-state index contributed by atoms with van der Waals surface area (Å²) in [5.41, 5.74) is 9.31. The monoisotopic (exact) mass is 355 g/mol. The Morgan fingerprint density at radius 3 is 2.19 bits per heavy atom. The summed E-state index contributed by atoms with van der Waals surface area (Å²) in [6.07, 6.45) is 2.31. The number of benzene rings is 2. The first-order valence-corrected chi connectivity index (χ1v) is 8.04. The molecule has 0 atom stereocenters. The molecule has 2 aromatic carbocycles. The molecule has 2 N–H and O–H groups in total. The minimum absolute atomic E-state index is 0.0906. The van der Waals surface area contributed by atoms with Gasteiger partial charge in [-0.25, -0.2) is 0 Å². The number of fused-ring (bicyclic) bond motifs is 1. The van der Waals surface area contributed by atoms with Crippen molar-refractivity contribution in [2.45, 2.75) is 6.42 Å². The number of ketones is 1. The Labute approximate surface area is 152 Å². The highest BCUT2D eigenvalue weighted by atomic mass is 16.5. The van der Waals surface area contributed by atoms with Crippen LogP contribution >= 0.6 is 0 Å². The zero-order valence-electron chi connectivity index (χ0n) is 15.2. The Bertz CT molecular complexity index is 902. The zero-order chi connectivity index (χ0) is 18.8. The topological polar surface area (TPSA) is 80.0 Å². The van der Waals surface area contributed by atoms with Gasteiger partial charge in [0.05, 0.1) is 39.7 Å². The smallest absolute Gasteiger partial charge is 0.204 e. The van der Waals surface area contributed by atoms with Crippen molar-refractivity contribution in [3.63, 3.8) is 0 Å². The first-order valence-electron chi connectivity index (χ1n) is 8.04. The van der Waals surface area contributed by atoms with Gasteiger partial charge in [-0.3, -0.25) is 4.79 Å². The summed E-state index contributed by atoms with van der Waals surface area (Å²) in [7, 11) is 6.14. The summed E-state index contributed by atoms with van der Waals surface area (Å²) in [6.45, 7) is 0. The number of anilines is 1. The Hall–Kier alpha value is -3.15. The molecule has 0 spiro atoms. The molecule has 0 fully saturated rings. The Kier molecular flexibility index (Phi) is 4.75. The standard InChI is InChI=1S/C20H21NO5/c1-23-15-6-5-11(8-14(15)21)7-13-9-12-10-16(24-2)19(25-3)20(26-4)17(12)18(13)22/h5-8,10H,9,21H2,1-4H3/b13-7+. The highest BCUT2D eigenvalue weighted by Gasteiger charge is 2.32. The van der Waals surface area contributed by atoms with E-state index in [2.05, 4.69) is 0 Å². The van der Waals surface area contributed by atoms with Crippen LogP contribution in [0.15, 0.2) is 29.8 Å². The predicted molar refractivity (Wildman–Crippen MR) is 99.5 cm³/mol. The highest BCUT2D eigenvalue weighted by molar-refractivity contribution is 6.17. The molecule has 1 aliphatic carbocycles. The fraction of sp³-hybridized carbons (Fsp3) is 0.250. The Morgan fingerprint density at radius 1 is 0.923 bits per heavy atom. The van der Waals surface area contributed by atoms with Gasteiger partial charge >= 0.3 is 0 Å². The molecule has 0 unspecified atom stereocenters. The minimum Gasteiger partial charge on any atom is -0.495 e. The van der Waals surface area contributed by atoms with Crippen LogP contribution in [0.3, 0.4) is 0 Å². The summed E-state index contributed by atoms with van der Waals surface area (Å²) in [5.74, 6) is 1.85. The molecular weight excluding hydrogens is 334 g/mol. The Morgan fingerprint density at radius 2 is 1.62 bits per heavy atom. The van der Waals surface area contributed by atoms with Gasteiger partial charge in [0.25, 0.3) is 0 Å². The largest absolute Gasteiger partial charge is 0.495 e. The number of allylic oxidation sites excluding steroid dienone is 1. The first-order chi connectivity index (χ1) is 12.5. The van der Waals surface area contributed by atoms with Crippen LogP contribution in [0.25, 0.3) is 6.08 Å². The van der Waals surface area contributed by atoms with Crippen molar-refractivity contribution in [3.05, 3.63) is 46.5 Å². The van der Waals surface area contributed by atoms with Gasteiger partial charge in [-0.1, -0.05) is 6.07 Å². The maximum Gasteiger partial charge on any atom is 0.204 e. The average molecular weight is 355 g/mol. The van der Waals surface area contributed by atoms with Crippen molar-refractivity contribution < 1.29 is 23.7 Å². The summed E-state index contributed by atoms with van der Waals surface area (Å²) in [6, 6.07) is 7.23. The third-order valence-corrected chi connectivity index (χ3v) is 4.41. The molecule has 0 bridgehead atoms. The van der Waals surface area contributed by atoms with Gasteiger partial charge in [-0.05, 0) is 35.4 Å². The van der Waals surface area contributed by atoms with Crippen LogP contribution < -0.4 is 24.7 Å². The lowest BCUT2D eigenvalue weighted by atomic mass is 10.1. The lowest BCUT2D eigenvalue weighted by Crippen LogP contribution is -2.03. The molecular formula is C20H21NO5. The van der Waals surface area contributed by atoms with E-state index >= 15 is 0 Å². The van der Waals surface area contributed by atoms with E-state index in [-0.39, 0.29) is 5.78 Å². The minimum atomic E-state index is -0.0906. The number of rotatable bonds is 5. The molecule has 0 amide bonds. The highest BCUT2D eigenvalue weighted by Crippen LogP contribution is 2.46. The van der Waals surface area contributed by atoms with Gasteiger partial charge in [-0.2, -0.15) is 0 Å². The van der Waals surface area contributed by atoms with Crippen LogP contribution in [0, 0.1) is 0 Å². The number of nitrogen functional groups attached to an aromatic ring is 1. The quantitative estimate of drug-likeness (QED) is 0.656. The summed E-state index contributed by atoms with van der Waals surface area (Å²) in [5, 5.41) is 0. The predicted octanol–water partition coefficient (Wildman–Crippen LogP) is 3.13. The second-order valence-electron chi connectivity index (χ2n) is 5.86. The number of carbonyl (C=O) groups is 1. The maximum atomic E-state index is 13.0. The van der Waals surface area contributed by atoms with Crippen molar-refractivity contribution in [2.75, 3.05) is 34.2 Å². The fourth-order valence-electron chi connectivity index (χ4n) is 3.20. The molecule has 2 aromatic rings. The molecule has 0 saturated carbocycles. The van der Waals surface area contributed by atoms with Crippen LogP contribution in [0.2, 0.25) is 0 Å². The van der Waals surface area contributed by atoms with Crippen LogP contribution in [-0.4, -0.2) is 34.2 Å². The number of methoxy groups -OCH3 is 4. The molecule has 0 heterocycles. The molecule has 0 radical (unpaired) electrons. The first kappa shape index (κ1) is 17.7. The van der Waals surface area contributed by atoms with E-state index in [4.69, 9.17) is 24.7 Å². The molecule has 0 aliphatic heterocycles. The van der Waals surface area contributed by atoms with Crippen LogP contribution in [0.4, 0.5) is 5.69 Å². The van der Waals surface area contributed by atoms with E-state index in [9.17, 15) is 4.79 Å². The SMILES string of the molecule is COc1ccc(/C=C2\Cc3cc(OC)c(OC)c(OC)c3C2=O)cc1N. The van der Waals surface area contributed by atoms with Crippen molar-refractivity contribution >= 4 is 17.5 Å². The number of carbonyl (C=O) groups excluding carboxylic acids is 1. The van der Waals surface area contributed by atoms with Crippen molar-refractivity contribution in [1.29, 1.82) is 0 Å². The normalized spacial score (nSPS) is 14.3. The van der Waals surface area contributed by atoms with Crippen LogP contribution in [0.1, 0.15) is 21.5 Å². The molecule has 0 aromatic heterocycles. The number of Topliss-reactive ketones (excluding diaryl/α,β-unsaturated/α-hetero) is 1. The van der Waals surface area contributed by atoms with Gasteiger partial charge in [0, 0.05) is 12.0 Å². The lowest BCUT2D eigenvalue weighted by Gasteiger charge is -2.14. The van der Waals surface area contributed by atoms with Crippen molar-refractivity contribution in [1.82, 2.24) is 0 Å². The molecule has 136 valence electrons. The summed E-state index contributed by atoms with van der Waals surface area (Å²) in [4.78, 5) is 13.0. The maximum absolute atomic E-state index is 13.0. The van der Waals surface area contributed by atoms with E-state index in [1.54, 1.807) is 26.4 Å². The van der Waals surface area contributed by atoms with E-state index in [0.29, 0.717) is 46.2 Å². The third kappa shape index (κ3) is 2.83. The van der Waals surface area contributed by atoms with E-state index in [1.807, 2.05) is 18.2 Å². The molecule has 3 rings (SSSR count). The molecule has 0 saturated heterocycles. The second kappa shape index (κ2) is 7.00. The average Bonchev–Trinajstić information content (AvgIpc) is 2.95. The van der Waals surface area contributed by atoms with E-state index in [1.165, 1.54) is 14.2 Å². The van der Waals surface area contributed by atoms with E-state index in [0.717, 1.165) is 11.1 Å². The number of ether oxygens (including phenoxy) is 4. The summed E-state index contributed by atoms with van der Waals surface area (Å²) < 4.78 is 21.4. The lowest BCUT2D eigenvalue weighted by molar-refractivity contribution is 0.103. The summed E-state index contributed by atoms with van der Waals surface area (Å²) >= 11 is 0. The third-order valence-electron chi connectivity index (χ3n) is 4.41. The van der Waals surface area contributed by atoms with Crippen molar-refractivity contribution in [2.24, 2.45) is 0 Å². The zero-order valence-corrected chi connectivity index (χ0v) is 15.2. The second-order valence-corrected chi connectivity index (χ2v) is 5.86. The molecule has 26 heavy (non-hydrogen) atoms. The van der Waals surface area contributed by atoms with Gasteiger partial charge in [-0.15, -0.1) is 0 Å². The molecule has 6 heteroatoms. The molecule has 1 aliphatic rings. The number of hydrogen-bond acceptors (Lipinski definition) is 6. The van der Waals surface area contributed by atoms with Crippen LogP contribution in [0.5, 0.6) is 23.0 Å². The van der Waals surface area contributed by atoms with Gasteiger partial charge in [0.2, 0.25) is 5.75 Å². The molecule has 6 nitrogen and oxygen atoms in total. The number of nitrogens with two attached hydrogens (primary N) is 1. The van der Waals surface area contributed by atoms with Gasteiger partial charge in [0.1, 0.15) is 5.75 Å². The van der Waals surface area contributed by atoms with Gasteiger partial charge in [0.15, 0.2) is 17.3 Å². The van der Waals surface area contributed by atoms with Crippen molar-refractivity contribution in [3.8, 4) is 23.0 Å². The van der Waals surface area contributed by atoms with Gasteiger partial charge < -0.3 is 24.7 Å². The van der Waals surface area contributed by atoms with Crippen LogP contribution in [-0.2, 0) is 6.42 Å². The Balaban J connectivity index is 2.06. The fourth-order valence-corrected chi connectivity index (χ4v) is 3.20. The van der Waals surface area contributed by atoms with E-state index < -0.39 is 0 Å².